The lowest BCUT2D eigenvalue weighted by atomic mass is 9.86. The highest BCUT2D eigenvalue weighted by Gasteiger charge is 2.39. The first-order valence-electron chi connectivity index (χ1n) is 18.0. The molecule has 2 aromatic carbocycles. The van der Waals surface area contributed by atoms with Gasteiger partial charge in [0.1, 0.15) is 0 Å². The van der Waals surface area contributed by atoms with Gasteiger partial charge in [-0.15, -0.1) is 0 Å². The van der Waals surface area contributed by atoms with Gasteiger partial charge in [-0.2, -0.15) is 0 Å². The molecule has 0 atom stereocenters. The van der Waals surface area contributed by atoms with Crippen LogP contribution in [0.25, 0.3) is 10.8 Å². The molecule has 0 saturated heterocycles. The van der Waals surface area contributed by atoms with Crippen molar-refractivity contribution < 1.29 is 66.8 Å². The van der Waals surface area contributed by atoms with Gasteiger partial charge in [-0.1, -0.05) is 0 Å². The molecular weight excluding hydrogens is 736 g/mol. The Labute approximate surface area is 320 Å². The third-order valence-electron chi connectivity index (χ3n) is 9.19. The number of nitrogens with zero attached hydrogens (tertiary/aromatic N) is 4. The average molecular weight is 777 g/mol. The molecule has 18 nitrogen and oxygen atoms in total. The summed E-state index contributed by atoms with van der Waals surface area (Å²) >= 11 is 0. The van der Waals surface area contributed by atoms with Gasteiger partial charge in [0.25, 0.3) is 47.3 Å². The Kier molecular flexibility index (Phi) is 13.6. The van der Waals surface area contributed by atoms with E-state index in [0.29, 0.717) is 0 Å². The number of rotatable bonds is 24. The van der Waals surface area contributed by atoms with Gasteiger partial charge in [-0.3, -0.25) is 58.0 Å². The van der Waals surface area contributed by atoms with E-state index in [2.05, 4.69) is 0 Å². The fourth-order valence-electron chi connectivity index (χ4n) is 6.39. The second-order valence-electron chi connectivity index (χ2n) is 12.6. The van der Waals surface area contributed by atoms with E-state index in [1.165, 1.54) is 48.6 Å². The van der Waals surface area contributed by atoms with Crippen LogP contribution in [0.4, 0.5) is 0 Å². The molecule has 8 amide bonds. The van der Waals surface area contributed by atoms with E-state index >= 15 is 0 Å². The normalized spacial score (nSPS) is 16.4. The third-order valence-corrected chi connectivity index (χ3v) is 9.19. The van der Waals surface area contributed by atoms with Gasteiger partial charge in [-0.05, 0) is 24.3 Å². The Hall–Kier alpha value is -5.50. The predicted molar refractivity (Wildman–Crippen MR) is 191 cm³/mol. The number of imide groups is 4. The van der Waals surface area contributed by atoms with E-state index in [-0.39, 0.29) is 162 Å². The monoisotopic (exact) mass is 776 g/mol. The van der Waals surface area contributed by atoms with Crippen molar-refractivity contribution in [3.63, 3.8) is 0 Å². The van der Waals surface area contributed by atoms with Crippen LogP contribution >= 0.6 is 0 Å². The van der Waals surface area contributed by atoms with Crippen molar-refractivity contribution >= 4 is 58.0 Å². The maximum atomic E-state index is 13.5. The highest BCUT2D eigenvalue weighted by Crippen LogP contribution is 2.37. The molecule has 0 spiro atoms. The quantitative estimate of drug-likeness (QED) is 0.102. The Bertz CT molecular complexity index is 1730. The molecule has 0 bridgehead atoms. The van der Waals surface area contributed by atoms with Crippen LogP contribution in [0.5, 0.6) is 0 Å². The molecule has 0 N–H and O–H groups in total. The molecule has 4 heterocycles. The molecule has 2 aromatic rings. The Morgan fingerprint density at radius 2 is 0.518 bits per heavy atom. The van der Waals surface area contributed by atoms with Crippen LogP contribution in [0.3, 0.4) is 0 Å². The van der Waals surface area contributed by atoms with Crippen molar-refractivity contribution in [2.45, 2.75) is 0 Å². The molecule has 296 valence electrons. The van der Waals surface area contributed by atoms with Crippen LogP contribution in [0.1, 0.15) is 41.4 Å². The number of benzene rings is 2. The topological polar surface area (TPSA) is 205 Å². The molecule has 0 radical (unpaired) electrons. The molecule has 4 aliphatic heterocycles. The van der Waals surface area contributed by atoms with E-state index in [0.717, 1.165) is 19.6 Å². The molecule has 18 heteroatoms. The number of amides is 8. The van der Waals surface area contributed by atoms with Crippen molar-refractivity contribution in [2.24, 2.45) is 0 Å². The van der Waals surface area contributed by atoms with Crippen LogP contribution in [-0.4, -0.2) is 172 Å². The molecule has 0 aromatic heterocycles. The Balaban J connectivity index is 0.886. The summed E-state index contributed by atoms with van der Waals surface area (Å²) in [7, 11) is 0. The largest absolute Gasteiger partial charge is 0.377 e. The lowest BCUT2D eigenvalue weighted by Gasteiger charge is -2.31. The van der Waals surface area contributed by atoms with Crippen LogP contribution in [0, 0.1) is 0 Å². The molecule has 56 heavy (non-hydrogen) atoms. The highest BCUT2D eigenvalue weighted by atomic mass is 16.5. The Morgan fingerprint density at radius 3 is 0.768 bits per heavy atom. The van der Waals surface area contributed by atoms with E-state index < -0.39 is 23.6 Å². The fraction of sp³-hybridized carbons (Fsp3) is 0.421. The number of hydrogen-bond acceptors (Lipinski definition) is 14. The summed E-state index contributed by atoms with van der Waals surface area (Å²) in [6.07, 6.45) is 4.85. The van der Waals surface area contributed by atoms with Gasteiger partial charge in [-0.25, -0.2) is 0 Å². The number of hydrogen-bond donors (Lipinski definition) is 0. The smallest absolute Gasteiger partial charge is 0.261 e. The van der Waals surface area contributed by atoms with Gasteiger partial charge in [0, 0.05) is 57.3 Å². The number of ether oxygens (including phenoxy) is 6. The van der Waals surface area contributed by atoms with Gasteiger partial charge < -0.3 is 28.4 Å². The second-order valence-corrected chi connectivity index (χ2v) is 12.6. The van der Waals surface area contributed by atoms with Gasteiger partial charge in [0.15, 0.2) is 0 Å². The minimum atomic E-state index is -0.562. The van der Waals surface area contributed by atoms with Crippen molar-refractivity contribution in [1.29, 1.82) is 0 Å². The van der Waals surface area contributed by atoms with Gasteiger partial charge in [0.2, 0.25) is 0 Å². The first kappa shape index (κ1) is 40.2. The lowest BCUT2D eigenvalue weighted by molar-refractivity contribution is -0.139. The second kappa shape index (κ2) is 18.9. The number of carbonyl (C=O) groups excluding carboxylic acids is 8. The summed E-state index contributed by atoms with van der Waals surface area (Å²) in [6, 6.07) is 5.97. The standard InChI is InChI=1S/C38H40N4O14/c43-29-5-6-30(44)39(29)9-13-51-17-21-55-23-19-53-15-11-41-35(47)25-1-2-26-34-28(4-3-27(33(25)34)37(41)49)38(50)42(36(26)48)12-16-54-20-24-56-22-18-52-14-10-40-31(45)7-8-32(40)46/h1-8H,9-24H2. The summed E-state index contributed by atoms with van der Waals surface area (Å²) in [5, 5.41) is 0.540. The molecule has 4 aliphatic rings. The fourth-order valence-corrected chi connectivity index (χ4v) is 6.39. The SMILES string of the molecule is O=C1C=CC(=O)N1CCOCCOCCOCCN1C(=O)c2ccc3c4c(ccc(c24)C1=O)C(=O)N(CCOCCOCCOCCN1C(=O)C=CC1=O)C3=O. The summed E-state index contributed by atoms with van der Waals surface area (Å²) in [5.41, 5.74) is 0.815. The zero-order valence-corrected chi connectivity index (χ0v) is 30.4. The molecule has 0 unspecified atom stereocenters. The van der Waals surface area contributed by atoms with Crippen LogP contribution in [-0.2, 0) is 47.6 Å². The van der Waals surface area contributed by atoms with Gasteiger partial charge in [0.05, 0.1) is 105 Å². The van der Waals surface area contributed by atoms with Crippen molar-refractivity contribution in [3.05, 3.63) is 70.8 Å². The first-order chi connectivity index (χ1) is 27.2. The van der Waals surface area contributed by atoms with Crippen LogP contribution in [0.2, 0.25) is 0 Å². The molecule has 0 aliphatic carbocycles. The van der Waals surface area contributed by atoms with E-state index in [1.807, 2.05) is 0 Å². The van der Waals surface area contributed by atoms with E-state index in [1.54, 1.807) is 0 Å². The Morgan fingerprint density at radius 1 is 0.304 bits per heavy atom. The third kappa shape index (κ3) is 8.96. The van der Waals surface area contributed by atoms with E-state index in [9.17, 15) is 38.4 Å². The molecule has 0 saturated carbocycles. The summed E-state index contributed by atoms with van der Waals surface area (Å²) in [5.74, 6) is -3.71. The van der Waals surface area contributed by atoms with Crippen molar-refractivity contribution in [1.82, 2.24) is 19.6 Å². The van der Waals surface area contributed by atoms with Crippen LogP contribution in [0.15, 0.2) is 48.6 Å². The van der Waals surface area contributed by atoms with Crippen molar-refractivity contribution in [3.8, 4) is 0 Å². The average Bonchev–Trinajstić information content (AvgIpc) is 3.69. The molecule has 0 fully saturated rings. The van der Waals surface area contributed by atoms with Gasteiger partial charge >= 0.3 is 0 Å². The zero-order chi connectivity index (χ0) is 39.6. The summed E-state index contributed by atoms with van der Waals surface area (Å²) in [6.45, 7) is 2.63. The lowest BCUT2D eigenvalue weighted by Crippen LogP contribution is -2.45. The molecular formula is C38H40N4O14. The van der Waals surface area contributed by atoms with Crippen LogP contribution < -0.4 is 0 Å². The minimum absolute atomic E-state index is 0.0260. The maximum absolute atomic E-state index is 13.5. The minimum Gasteiger partial charge on any atom is -0.377 e. The summed E-state index contributed by atoms with van der Waals surface area (Å²) < 4.78 is 32.8. The molecule has 6 rings (SSSR count). The predicted octanol–water partition coefficient (Wildman–Crippen LogP) is -0.0186. The first-order valence-corrected chi connectivity index (χ1v) is 18.0. The highest BCUT2D eigenvalue weighted by molar-refractivity contribution is 6.33. The summed E-state index contributed by atoms with van der Waals surface area (Å²) in [4.78, 5) is 104. The van der Waals surface area contributed by atoms with E-state index in [4.69, 9.17) is 28.4 Å². The maximum Gasteiger partial charge on any atom is 0.261 e. The van der Waals surface area contributed by atoms with Crippen molar-refractivity contribution in [2.75, 3.05) is 105 Å². The number of carbonyl (C=O) groups is 8. The zero-order valence-electron chi connectivity index (χ0n) is 30.4.